The number of hydrogen-bond acceptors (Lipinski definition) is 3. The van der Waals surface area contributed by atoms with Crippen LogP contribution in [0.25, 0.3) is 0 Å². The molecular weight excluding hydrogens is 254 g/mol. The highest BCUT2D eigenvalue weighted by Gasteiger charge is 2.20. The molecule has 0 unspecified atom stereocenters. The summed E-state index contributed by atoms with van der Waals surface area (Å²) < 4.78 is 10.6. The third-order valence-electron chi connectivity index (χ3n) is 3.75. The van der Waals surface area contributed by atoms with Gasteiger partial charge in [-0.05, 0) is 44.4 Å². The van der Waals surface area contributed by atoms with E-state index in [1.54, 1.807) is 30.2 Å². The molecule has 0 spiro atoms. The highest BCUT2D eigenvalue weighted by molar-refractivity contribution is 5.89. The van der Waals surface area contributed by atoms with Gasteiger partial charge < -0.3 is 14.4 Å². The summed E-state index contributed by atoms with van der Waals surface area (Å²) in [5.41, 5.74) is 0.546. The molecule has 0 radical (unpaired) electrons. The van der Waals surface area contributed by atoms with Crippen molar-refractivity contribution in [2.75, 3.05) is 26.7 Å². The van der Waals surface area contributed by atoms with Crippen molar-refractivity contribution in [2.24, 2.45) is 0 Å². The number of quaternary nitrogens is 1. The average Bonchev–Trinajstić information content (AvgIpc) is 2.48. The molecule has 0 aromatic heterocycles. The average molecular weight is 278 g/mol. The van der Waals surface area contributed by atoms with Crippen LogP contribution in [0.3, 0.4) is 0 Å². The second kappa shape index (κ2) is 7.29. The first kappa shape index (κ1) is 14.9. The topological polar surface area (TPSA) is 40.0 Å². The fourth-order valence-corrected chi connectivity index (χ4v) is 2.70. The zero-order valence-corrected chi connectivity index (χ0v) is 12.4. The number of benzene rings is 1. The monoisotopic (exact) mass is 278 g/mol. The molecule has 1 atom stereocenters. The van der Waals surface area contributed by atoms with Gasteiger partial charge in [0.15, 0.2) is 0 Å². The molecule has 110 valence electrons. The van der Waals surface area contributed by atoms with Gasteiger partial charge in [0.25, 0.3) is 0 Å². The molecule has 0 saturated carbocycles. The zero-order valence-electron chi connectivity index (χ0n) is 12.4. The van der Waals surface area contributed by atoms with Crippen LogP contribution in [0.5, 0.6) is 5.75 Å². The van der Waals surface area contributed by atoms with E-state index in [0.717, 1.165) is 6.54 Å². The predicted octanol–water partition coefficient (Wildman–Crippen LogP) is 1.31. The summed E-state index contributed by atoms with van der Waals surface area (Å²) >= 11 is 0. The van der Waals surface area contributed by atoms with Gasteiger partial charge in [-0.2, -0.15) is 0 Å². The first-order chi connectivity index (χ1) is 9.69. The van der Waals surface area contributed by atoms with Crippen LogP contribution >= 0.6 is 0 Å². The van der Waals surface area contributed by atoms with Crippen molar-refractivity contribution in [3.63, 3.8) is 0 Å². The number of hydrogen-bond donors (Lipinski definition) is 1. The van der Waals surface area contributed by atoms with E-state index < -0.39 is 0 Å². The molecule has 1 fully saturated rings. The number of carbonyl (C=O) groups is 1. The van der Waals surface area contributed by atoms with Gasteiger partial charge in [0.05, 0.1) is 25.8 Å². The molecule has 1 saturated heterocycles. The van der Waals surface area contributed by atoms with Crippen LogP contribution in [0.15, 0.2) is 24.3 Å². The minimum atomic E-state index is -0.271. The smallest absolute Gasteiger partial charge is 0.338 e. The third kappa shape index (κ3) is 4.23. The lowest BCUT2D eigenvalue weighted by molar-refractivity contribution is -0.907. The van der Waals surface area contributed by atoms with Gasteiger partial charge in [0.1, 0.15) is 18.4 Å². The molecule has 1 heterocycles. The van der Waals surface area contributed by atoms with E-state index in [0.29, 0.717) is 11.3 Å². The summed E-state index contributed by atoms with van der Waals surface area (Å²) in [6, 6.07) is 7.09. The van der Waals surface area contributed by atoms with E-state index in [2.05, 4.69) is 0 Å². The Hall–Kier alpha value is -1.55. The maximum absolute atomic E-state index is 12.1. The predicted molar refractivity (Wildman–Crippen MR) is 77.3 cm³/mol. The number of carbonyl (C=O) groups excluding carboxylic acids is 1. The van der Waals surface area contributed by atoms with Crippen LogP contribution in [-0.4, -0.2) is 38.8 Å². The van der Waals surface area contributed by atoms with E-state index in [4.69, 9.17) is 9.47 Å². The number of esters is 1. The Kier molecular flexibility index (Phi) is 5.41. The molecule has 0 aliphatic carbocycles. The molecule has 4 nitrogen and oxygen atoms in total. The molecule has 1 aromatic rings. The zero-order chi connectivity index (χ0) is 14.4. The molecule has 1 N–H and O–H groups in total. The number of methoxy groups -OCH3 is 1. The Bertz CT molecular complexity index is 441. The molecule has 1 aliphatic heterocycles. The molecule has 0 bridgehead atoms. The quantitative estimate of drug-likeness (QED) is 0.826. The molecule has 1 aliphatic rings. The summed E-state index contributed by atoms with van der Waals surface area (Å²) in [7, 11) is 1.59. The van der Waals surface area contributed by atoms with Crippen molar-refractivity contribution in [3.05, 3.63) is 29.8 Å². The molecule has 4 heteroatoms. The highest BCUT2D eigenvalue weighted by atomic mass is 16.5. The van der Waals surface area contributed by atoms with Gasteiger partial charge in [0, 0.05) is 0 Å². The normalized spacial score (nSPS) is 17.5. The number of likely N-dealkylation sites (tertiary alicyclic amines) is 1. The lowest BCUT2D eigenvalue weighted by atomic mass is 10.1. The first-order valence-corrected chi connectivity index (χ1v) is 7.37. The summed E-state index contributed by atoms with van der Waals surface area (Å²) in [4.78, 5) is 13.6. The Balaban J connectivity index is 1.86. The molecule has 0 amide bonds. The van der Waals surface area contributed by atoms with E-state index in [9.17, 15) is 4.79 Å². The molecular formula is C16H24NO3+. The lowest BCUT2D eigenvalue weighted by Crippen LogP contribution is -3.13. The molecule has 2 rings (SSSR count). The van der Waals surface area contributed by atoms with Gasteiger partial charge in [-0.1, -0.05) is 6.07 Å². The number of rotatable bonds is 5. The fourth-order valence-electron chi connectivity index (χ4n) is 2.70. The van der Waals surface area contributed by atoms with Gasteiger partial charge in [-0.15, -0.1) is 0 Å². The lowest BCUT2D eigenvalue weighted by Gasteiger charge is -2.26. The minimum Gasteiger partial charge on any atom is -0.497 e. The number of nitrogens with one attached hydrogen (secondary N) is 1. The molecule has 1 aromatic carbocycles. The summed E-state index contributed by atoms with van der Waals surface area (Å²) in [6.07, 6.45) is 3.85. The van der Waals surface area contributed by atoms with Crippen LogP contribution in [-0.2, 0) is 4.74 Å². The van der Waals surface area contributed by atoms with E-state index in [1.807, 2.05) is 13.0 Å². The standard InChI is InChI=1S/C16H23NO3/c1-13(12-17-9-4-3-5-10-17)20-16(18)14-7-6-8-15(11-14)19-2/h6-8,11,13H,3-5,9-10,12H2,1-2H3/p+1/t13-/m1/s1. The van der Waals surface area contributed by atoms with E-state index >= 15 is 0 Å². The van der Waals surface area contributed by atoms with Crippen molar-refractivity contribution >= 4 is 5.97 Å². The van der Waals surface area contributed by atoms with E-state index in [1.165, 1.54) is 32.4 Å². The third-order valence-corrected chi connectivity index (χ3v) is 3.75. The van der Waals surface area contributed by atoms with Crippen LogP contribution < -0.4 is 9.64 Å². The maximum Gasteiger partial charge on any atom is 0.338 e. The minimum absolute atomic E-state index is 0.0539. The van der Waals surface area contributed by atoms with Crippen molar-refractivity contribution in [1.29, 1.82) is 0 Å². The number of piperidine rings is 1. The van der Waals surface area contributed by atoms with Gasteiger partial charge in [0.2, 0.25) is 0 Å². The van der Waals surface area contributed by atoms with Crippen molar-refractivity contribution < 1.29 is 19.2 Å². The maximum atomic E-state index is 12.1. The summed E-state index contributed by atoms with van der Waals surface area (Å²) in [5, 5.41) is 0. The van der Waals surface area contributed by atoms with Crippen molar-refractivity contribution in [2.45, 2.75) is 32.3 Å². The molecule has 20 heavy (non-hydrogen) atoms. The number of ether oxygens (including phenoxy) is 2. The van der Waals surface area contributed by atoms with Gasteiger partial charge in [-0.3, -0.25) is 0 Å². The first-order valence-electron chi connectivity index (χ1n) is 7.37. The van der Waals surface area contributed by atoms with Crippen molar-refractivity contribution in [3.8, 4) is 5.75 Å². The Morgan fingerprint density at radius 1 is 1.30 bits per heavy atom. The largest absolute Gasteiger partial charge is 0.497 e. The highest BCUT2D eigenvalue weighted by Crippen LogP contribution is 2.13. The SMILES string of the molecule is COc1cccc(C(=O)O[C@H](C)C[NH+]2CCCCC2)c1. The van der Waals surface area contributed by atoms with Crippen LogP contribution in [0, 0.1) is 0 Å². The van der Waals surface area contributed by atoms with Crippen LogP contribution in [0.2, 0.25) is 0 Å². The summed E-state index contributed by atoms with van der Waals surface area (Å²) in [6.45, 7) is 5.26. The van der Waals surface area contributed by atoms with Crippen LogP contribution in [0.4, 0.5) is 0 Å². The second-order valence-electron chi connectivity index (χ2n) is 5.46. The van der Waals surface area contributed by atoms with Gasteiger partial charge in [-0.25, -0.2) is 4.79 Å². The Morgan fingerprint density at radius 3 is 2.75 bits per heavy atom. The second-order valence-corrected chi connectivity index (χ2v) is 5.46. The van der Waals surface area contributed by atoms with Gasteiger partial charge >= 0.3 is 5.97 Å². The van der Waals surface area contributed by atoms with Crippen molar-refractivity contribution in [1.82, 2.24) is 0 Å². The fraction of sp³-hybridized carbons (Fsp3) is 0.562. The Labute approximate surface area is 120 Å². The Morgan fingerprint density at radius 2 is 2.05 bits per heavy atom. The summed E-state index contributed by atoms with van der Waals surface area (Å²) in [5.74, 6) is 0.404. The van der Waals surface area contributed by atoms with E-state index in [-0.39, 0.29) is 12.1 Å². The van der Waals surface area contributed by atoms with Crippen LogP contribution in [0.1, 0.15) is 36.5 Å².